The molecule has 0 fully saturated rings. The van der Waals surface area contributed by atoms with Gasteiger partial charge in [-0.05, 0) is 49.7 Å². The van der Waals surface area contributed by atoms with Crippen molar-refractivity contribution in [3.05, 3.63) is 47.5 Å². The zero-order valence-corrected chi connectivity index (χ0v) is 17.3. The van der Waals surface area contributed by atoms with E-state index in [1.807, 2.05) is 44.2 Å². The number of nitrogens with zero attached hydrogens (tertiary/aromatic N) is 1. The summed E-state index contributed by atoms with van der Waals surface area (Å²) >= 11 is 1.50. The van der Waals surface area contributed by atoms with Gasteiger partial charge in [0.15, 0.2) is 11.5 Å². The van der Waals surface area contributed by atoms with Gasteiger partial charge in [-0.25, -0.2) is 0 Å². The molecule has 2 amide bonds. The van der Waals surface area contributed by atoms with Crippen molar-refractivity contribution in [2.45, 2.75) is 30.5 Å². The number of rotatable bonds is 6. The van der Waals surface area contributed by atoms with Crippen LogP contribution in [0.15, 0.2) is 41.3 Å². The number of amides is 2. The highest BCUT2D eigenvalue weighted by Gasteiger charge is 2.24. The first-order valence-electron chi connectivity index (χ1n) is 9.08. The first-order chi connectivity index (χ1) is 13.5. The van der Waals surface area contributed by atoms with Crippen molar-refractivity contribution in [3.63, 3.8) is 0 Å². The van der Waals surface area contributed by atoms with Crippen molar-refractivity contribution in [1.82, 2.24) is 4.90 Å². The summed E-state index contributed by atoms with van der Waals surface area (Å²) in [4.78, 5) is 27.7. The quantitative estimate of drug-likeness (QED) is 0.799. The van der Waals surface area contributed by atoms with E-state index in [-0.39, 0.29) is 17.1 Å². The summed E-state index contributed by atoms with van der Waals surface area (Å²) in [5.41, 5.74) is 2.20. The van der Waals surface area contributed by atoms with Gasteiger partial charge in [0.25, 0.3) is 5.91 Å². The standard InChI is InChI=1S/C21H24N2O4S/c1-5-23(12-14-6-8-17(26-3)18(10-14)27-4)21(25)15-7-9-19-16(11-15)22-20(24)13(2)28-19/h6-11,13H,5,12H2,1-4H3,(H,22,24). The van der Waals surface area contributed by atoms with Crippen molar-refractivity contribution in [2.24, 2.45) is 0 Å². The number of hydrogen-bond acceptors (Lipinski definition) is 5. The molecule has 3 rings (SSSR count). The fourth-order valence-electron chi connectivity index (χ4n) is 3.05. The van der Waals surface area contributed by atoms with Crippen LogP contribution >= 0.6 is 11.8 Å². The van der Waals surface area contributed by atoms with E-state index >= 15 is 0 Å². The molecule has 2 aromatic rings. The van der Waals surface area contributed by atoms with E-state index in [0.29, 0.717) is 35.8 Å². The van der Waals surface area contributed by atoms with Crippen molar-refractivity contribution in [2.75, 3.05) is 26.1 Å². The van der Waals surface area contributed by atoms with Gasteiger partial charge >= 0.3 is 0 Å². The molecule has 0 saturated carbocycles. The molecule has 0 bridgehead atoms. The Kier molecular flexibility index (Phi) is 6.14. The molecule has 1 atom stereocenters. The molecule has 7 heteroatoms. The highest BCUT2D eigenvalue weighted by atomic mass is 32.2. The van der Waals surface area contributed by atoms with Gasteiger partial charge < -0.3 is 19.7 Å². The van der Waals surface area contributed by atoms with Crippen LogP contribution < -0.4 is 14.8 Å². The average Bonchev–Trinajstić information content (AvgIpc) is 2.71. The average molecular weight is 401 g/mol. The molecule has 0 aliphatic carbocycles. The molecule has 148 valence electrons. The molecule has 1 unspecified atom stereocenters. The third-order valence-corrected chi connectivity index (χ3v) is 5.83. The summed E-state index contributed by atoms with van der Waals surface area (Å²) < 4.78 is 10.6. The Labute approximate surface area is 169 Å². The minimum atomic E-state index is -0.133. The van der Waals surface area contributed by atoms with E-state index in [0.717, 1.165) is 10.5 Å². The molecule has 2 aromatic carbocycles. The number of fused-ring (bicyclic) bond motifs is 1. The lowest BCUT2D eigenvalue weighted by molar-refractivity contribution is -0.115. The lowest BCUT2D eigenvalue weighted by Crippen LogP contribution is -2.31. The largest absolute Gasteiger partial charge is 0.493 e. The summed E-state index contributed by atoms with van der Waals surface area (Å²) in [6.45, 7) is 4.81. The van der Waals surface area contributed by atoms with Gasteiger partial charge in [0.1, 0.15) is 0 Å². The number of anilines is 1. The molecular formula is C21H24N2O4S. The third kappa shape index (κ3) is 4.09. The first kappa shape index (κ1) is 20.1. The normalized spacial score (nSPS) is 15.4. The van der Waals surface area contributed by atoms with Gasteiger partial charge in [0.2, 0.25) is 5.91 Å². The maximum atomic E-state index is 13.0. The summed E-state index contributed by atoms with van der Waals surface area (Å²) in [5, 5.41) is 2.75. The summed E-state index contributed by atoms with van der Waals surface area (Å²) in [7, 11) is 3.18. The lowest BCUT2D eigenvalue weighted by atomic mass is 10.1. The second kappa shape index (κ2) is 8.56. The molecule has 28 heavy (non-hydrogen) atoms. The van der Waals surface area contributed by atoms with Crippen molar-refractivity contribution >= 4 is 29.3 Å². The third-order valence-electron chi connectivity index (χ3n) is 4.65. The number of nitrogens with one attached hydrogen (secondary N) is 1. The number of benzene rings is 2. The van der Waals surface area contributed by atoms with E-state index in [9.17, 15) is 9.59 Å². The molecule has 1 heterocycles. The summed E-state index contributed by atoms with van der Waals surface area (Å²) in [6.07, 6.45) is 0. The minimum Gasteiger partial charge on any atom is -0.493 e. The van der Waals surface area contributed by atoms with E-state index in [4.69, 9.17) is 9.47 Å². The Morgan fingerprint density at radius 1 is 1.14 bits per heavy atom. The second-order valence-electron chi connectivity index (χ2n) is 6.47. The van der Waals surface area contributed by atoms with Crippen molar-refractivity contribution in [3.8, 4) is 11.5 Å². The summed E-state index contributed by atoms with van der Waals surface area (Å²) in [6, 6.07) is 11.1. The van der Waals surface area contributed by atoms with Crippen LogP contribution in [0.5, 0.6) is 11.5 Å². The number of ether oxygens (including phenoxy) is 2. The lowest BCUT2D eigenvalue weighted by Gasteiger charge is -2.24. The monoisotopic (exact) mass is 400 g/mol. The van der Waals surface area contributed by atoms with E-state index < -0.39 is 0 Å². The Hall–Kier alpha value is -2.67. The highest BCUT2D eigenvalue weighted by Crippen LogP contribution is 2.36. The second-order valence-corrected chi connectivity index (χ2v) is 7.85. The number of thioether (sulfide) groups is 1. The minimum absolute atomic E-state index is 0.0419. The number of hydrogen-bond donors (Lipinski definition) is 1. The molecule has 0 saturated heterocycles. The van der Waals surface area contributed by atoms with Crippen LogP contribution in [-0.4, -0.2) is 42.7 Å². The summed E-state index contributed by atoms with van der Waals surface area (Å²) in [5.74, 6) is 1.15. The van der Waals surface area contributed by atoms with Crippen LogP contribution in [0, 0.1) is 0 Å². The van der Waals surface area contributed by atoms with Crippen LogP contribution in [0.3, 0.4) is 0 Å². The van der Waals surface area contributed by atoms with Gasteiger partial charge in [0.05, 0.1) is 25.2 Å². The van der Waals surface area contributed by atoms with Gasteiger partial charge in [0, 0.05) is 23.5 Å². The topological polar surface area (TPSA) is 67.9 Å². The molecule has 1 aliphatic heterocycles. The first-order valence-corrected chi connectivity index (χ1v) is 9.96. The zero-order chi connectivity index (χ0) is 20.3. The van der Waals surface area contributed by atoms with E-state index in [1.165, 1.54) is 11.8 Å². The van der Waals surface area contributed by atoms with E-state index in [1.54, 1.807) is 25.2 Å². The molecule has 0 spiro atoms. The Balaban J connectivity index is 1.81. The van der Waals surface area contributed by atoms with Crippen LogP contribution in [0.1, 0.15) is 29.8 Å². The predicted molar refractivity (Wildman–Crippen MR) is 110 cm³/mol. The Bertz CT molecular complexity index is 900. The van der Waals surface area contributed by atoms with Gasteiger partial charge in [-0.3, -0.25) is 9.59 Å². The maximum absolute atomic E-state index is 13.0. The molecular weight excluding hydrogens is 376 g/mol. The van der Waals surface area contributed by atoms with Gasteiger partial charge in [-0.2, -0.15) is 0 Å². The van der Waals surface area contributed by atoms with Gasteiger partial charge in [-0.15, -0.1) is 11.8 Å². The van der Waals surface area contributed by atoms with Gasteiger partial charge in [-0.1, -0.05) is 6.07 Å². The number of methoxy groups -OCH3 is 2. The fourth-order valence-corrected chi connectivity index (χ4v) is 3.98. The van der Waals surface area contributed by atoms with Crippen LogP contribution in [0.4, 0.5) is 5.69 Å². The Morgan fingerprint density at radius 3 is 2.57 bits per heavy atom. The van der Waals surface area contributed by atoms with E-state index in [2.05, 4.69) is 5.32 Å². The van der Waals surface area contributed by atoms with Crippen molar-refractivity contribution < 1.29 is 19.1 Å². The predicted octanol–water partition coefficient (Wildman–Crippen LogP) is 3.80. The number of carbonyl (C=O) groups is 2. The molecule has 1 aliphatic rings. The van der Waals surface area contributed by atoms with Crippen LogP contribution in [-0.2, 0) is 11.3 Å². The molecule has 6 nitrogen and oxygen atoms in total. The molecule has 0 aromatic heterocycles. The number of carbonyl (C=O) groups excluding carboxylic acids is 2. The Morgan fingerprint density at radius 2 is 1.89 bits per heavy atom. The fraction of sp³-hybridized carbons (Fsp3) is 0.333. The maximum Gasteiger partial charge on any atom is 0.254 e. The zero-order valence-electron chi connectivity index (χ0n) is 16.4. The van der Waals surface area contributed by atoms with Crippen LogP contribution in [0.25, 0.3) is 0 Å². The van der Waals surface area contributed by atoms with Crippen LogP contribution in [0.2, 0.25) is 0 Å². The molecule has 1 N–H and O–H groups in total. The smallest absolute Gasteiger partial charge is 0.254 e. The SMILES string of the molecule is CCN(Cc1ccc(OC)c(OC)c1)C(=O)c1ccc2c(c1)NC(=O)C(C)S2. The van der Waals surface area contributed by atoms with Crippen molar-refractivity contribution in [1.29, 1.82) is 0 Å². The highest BCUT2D eigenvalue weighted by molar-refractivity contribution is 8.00. The molecule has 0 radical (unpaired) electrons.